The first-order valence-electron chi connectivity index (χ1n) is 3.20. The molecule has 1 heterocycles. The van der Waals surface area contributed by atoms with Crippen LogP contribution in [0.3, 0.4) is 0 Å². The van der Waals surface area contributed by atoms with Crippen molar-refractivity contribution in [3.8, 4) is 6.07 Å². The van der Waals surface area contributed by atoms with E-state index in [1.54, 1.807) is 18.4 Å². The first-order valence-corrected chi connectivity index (χ1v) is 4.04. The van der Waals surface area contributed by atoms with Crippen LogP contribution in [-0.2, 0) is 4.74 Å². The molecule has 62 valence electrons. The summed E-state index contributed by atoms with van der Waals surface area (Å²) in [5.74, 6) is -0.484. The van der Waals surface area contributed by atoms with Gasteiger partial charge >= 0.3 is 5.97 Å². The highest BCUT2D eigenvalue weighted by molar-refractivity contribution is 7.03. The second-order valence-electron chi connectivity index (χ2n) is 2.05. The highest BCUT2D eigenvalue weighted by Crippen LogP contribution is 2.09. The smallest absolute Gasteiger partial charge is 0.341 e. The molecule has 0 saturated heterocycles. The van der Waals surface area contributed by atoms with E-state index >= 15 is 0 Å². The highest BCUT2D eigenvalue weighted by Gasteiger charge is 2.11. The van der Waals surface area contributed by atoms with Crippen molar-refractivity contribution < 1.29 is 9.53 Å². The van der Waals surface area contributed by atoms with Gasteiger partial charge in [-0.05, 0) is 18.5 Å². The number of hydrogen-bond donors (Lipinski definition) is 0. The second kappa shape index (κ2) is 3.83. The van der Waals surface area contributed by atoms with Crippen molar-refractivity contribution in [3.05, 3.63) is 16.6 Å². The van der Waals surface area contributed by atoms with Gasteiger partial charge in [0.25, 0.3) is 0 Å². The third-order valence-corrected chi connectivity index (χ3v) is 1.96. The molecule has 4 nitrogen and oxygen atoms in total. The molecule has 0 atom stereocenters. The van der Waals surface area contributed by atoms with E-state index in [1.807, 2.05) is 0 Å². The predicted molar refractivity (Wildman–Crippen MR) is 42.7 cm³/mol. The lowest BCUT2D eigenvalue weighted by molar-refractivity contribution is 0.0554. The first-order chi connectivity index (χ1) is 5.75. The number of ether oxygens (including phenoxy) is 1. The molecule has 0 spiro atoms. The Hall–Kier alpha value is -1.41. The van der Waals surface area contributed by atoms with Gasteiger partial charge in [0, 0.05) is 5.38 Å². The summed E-state index contributed by atoms with van der Waals surface area (Å²) in [4.78, 5) is 11.1. The van der Waals surface area contributed by atoms with Gasteiger partial charge in [-0.3, -0.25) is 0 Å². The average molecular weight is 182 g/mol. The Morgan fingerprint density at radius 2 is 2.67 bits per heavy atom. The number of nitrogens with zero attached hydrogens (tertiary/aromatic N) is 2. The topological polar surface area (TPSA) is 63.0 Å². The summed E-state index contributed by atoms with van der Waals surface area (Å²) in [5.41, 5.74) is 1.08. The average Bonchev–Trinajstić information content (AvgIpc) is 2.47. The molecule has 0 amide bonds. The van der Waals surface area contributed by atoms with Gasteiger partial charge in [0.2, 0.25) is 0 Å². The predicted octanol–water partition coefficient (Wildman–Crippen LogP) is 1.13. The Bertz CT molecular complexity index is 326. The van der Waals surface area contributed by atoms with Gasteiger partial charge in [0.05, 0.1) is 11.3 Å². The SMILES string of the molecule is Cc1nscc1C(=O)OCC#N. The lowest BCUT2D eigenvalue weighted by atomic mass is 10.3. The molecule has 1 rings (SSSR count). The molecule has 12 heavy (non-hydrogen) atoms. The van der Waals surface area contributed by atoms with Crippen molar-refractivity contribution in [2.45, 2.75) is 6.92 Å². The summed E-state index contributed by atoms with van der Waals surface area (Å²) in [6.45, 7) is 1.51. The minimum Gasteiger partial charge on any atom is -0.447 e. The number of carbonyl (C=O) groups is 1. The Kier molecular flexibility index (Phi) is 2.77. The van der Waals surface area contributed by atoms with Crippen LogP contribution < -0.4 is 0 Å². The third-order valence-electron chi connectivity index (χ3n) is 1.24. The molecule has 1 aromatic heterocycles. The minimum atomic E-state index is -0.484. The fourth-order valence-electron chi connectivity index (χ4n) is 0.664. The van der Waals surface area contributed by atoms with E-state index in [1.165, 1.54) is 11.5 Å². The summed E-state index contributed by atoms with van der Waals surface area (Å²) in [6.07, 6.45) is 0. The number of nitriles is 1. The van der Waals surface area contributed by atoms with Gasteiger partial charge in [0.15, 0.2) is 6.61 Å². The molecule has 1 aromatic rings. The van der Waals surface area contributed by atoms with Gasteiger partial charge in [-0.25, -0.2) is 4.79 Å². The van der Waals surface area contributed by atoms with Crippen LogP contribution in [-0.4, -0.2) is 16.9 Å². The second-order valence-corrected chi connectivity index (χ2v) is 2.68. The van der Waals surface area contributed by atoms with Gasteiger partial charge in [-0.15, -0.1) is 0 Å². The number of aryl methyl sites for hydroxylation is 1. The van der Waals surface area contributed by atoms with E-state index in [2.05, 4.69) is 9.11 Å². The lowest BCUT2D eigenvalue weighted by Gasteiger charge is -1.96. The highest BCUT2D eigenvalue weighted by atomic mass is 32.1. The molecule has 0 unspecified atom stereocenters. The Labute approximate surface area is 73.6 Å². The van der Waals surface area contributed by atoms with Crippen molar-refractivity contribution in [3.63, 3.8) is 0 Å². The normalized spacial score (nSPS) is 9.00. The number of hydrogen-bond acceptors (Lipinski definition) is 5. The molecule has 0 bridgehead atoms. The van der Waals surface area contributed by atoms with Crippen LogP contribution in [0.2, 0.25) is 0 Å². The maximum absolute atomic E-state index is 11.1. The fourth-order valence-corrected chi connectivity index (χ4v) is 1.35. The Morgan fingerprint density at radius 1 is 1.92 bits per heavy atom. The van der Waals surface area contributed by atoms with Gasteiger partial charge in [-0.2, -0.15) is 9.64 Å². The van der Waals surface area contributed by atoms with Crippen molar-refractivity contribution >= 4 is 17.5 Å². The van der Waals surface area contributed by atoms with Crippen LogP contribution in [0.5, 0.6) is 0 Å². The van der Waals surface area contributed by atoms with Crippen LogP contribution >= 0.6 is 11.5 Å². The largest absolute Gasteiger partial charge is 0.447 e. The van der Waals surface area contributed by atoms with Crippen molar-refractivity contribution in [2.75, 3.05) is 6.61 Å². The minimum absolute atomic E-state index is 0.214. The maximum atomic E-state index is 11.1. The molecule has 0 aliphatic heterocycles. The molecule has 0 aromatic carbocycles. The van der Waals surface area contributed by atoms with Crippen LogP contribution in [0.15, 0.2) is 5.38 Å². The first kappa shape index (κ1) is 8.68. The number of esters is 1. The number of rotatable bonds is 2. The van der Waals surface area contributed by atoms with Gasteiger partial charge in [0.1, 0.15) is 6.07 Å². The van der Waals surface area contributed by atoms with E-state index in [4.69, 9.17) is 5.26 Å². The summed E-state index contributed by atoms with van der Waals surface area (Å²) >= 11 is 1.19. The van der Waals surface area contributed by atoms with Crippen LogP contribution in [0, 0.1) is 18.3 Å². The summed E-state index contributed by atoms with van der Waals surface area (Å²) < 4.78 is 8.49. The Balaban J connectivity index is 2.67. The number of carbonyl (C=O) groups excluding carboxylic acids is 1. The molecule has 0 fully saturated rings. The van der Waals surface area contributed by atoms with Crippen molar-refractivity contribution in [1.82, 2.24) is 4.37 Å². The molecule has 5 heteroatoms. The Morgan fingerprint density at radius 3 is 3.17 bits per heavy atom. The third kappa shape index (κ3) is 1.80. The summed E-state index contributed by atoms with van der Waals surface area (Å²) in [7, 11) is 0. The molecule has 0 aliphatic rings. The van der Waals surface area contributed by atoms with E-state index in [0.717, 1.165) is 0 Å². The van der Waals surface area contributed by atoms with Crippen molar-refractivity contribution in [1.29, 1.82) is 5.26 Å². The molecular weight excluding hydrogens is 176 g/mol. The van der Waals surface area contributed by atoms with Crippen molar-refractivity contribution in [2.24, 2.45) is 0 Å². The molecule has 0 N–H and O–H groups in total. The van der Waals surface area contributed by atoms with E-state index in [9.17, 15) is 4.79 Å². The van der Waals surface area contributed by atoms with Crippen LogP contribution in [0.25, 0.3) is 0 Å². The molecule has 0 aliphatic carbocycles. The zero-order valence-electron chi connectivity index (χ0n) is 6.40. The van der Waals surface area contributed by atoms with Gasteiger partial charge < -0.3 is 4.74 Å². The standard InChI is InChI=1S/C7H6N2O2S/c1-5-6(4-12-9-5)7(10)11-3-2-8/h4H,3H2,1H3. The fraction of sp³-hybridized carbons (Fsp3) is 0.286. The van der Waals surface area contributed by atoms with E-state index in [0.29, 0.717) is 11.3 Å². The van der Waals surface area contributed by atoms with E-state index < -0.39 is 5.97 Å². The quantitative estimate of drug-likeness (QED) is 0.643. The van der Waals surface area contributed by atoms with Crippen LogP contribution in [0.4, 0.5) is 0 Å². The molecule has 0 radical (unpaired) electrons. The maximum Gasteiger partial charge on any atom is 0.341 e. The summed E-state index contributed by atoms with van der Waals surface area (Å²) in [6, 6.07) is 1.72. The molecule has 0 saturated carbocycles. The zero-order valence-corrected chi connectivity index (χ0v) is 7.22. The zero-order chi connectivity index (χ0) is 8.97. The molecular formula is C7H6N2O2S. The van der Waals surface area contributed by atoms with Crippen LogP contribution in [0.1, 0.15) is 16.1 Å². The van der Waals surface area contributed by atoms with Gasteiger partial charge in [-0.1, -0.05) is 0 Å². The number of aromatic nitrogens is 1. The monoisotopic (exact) mass is 182 g/mol. The van der Waals surface area contributed by atoms with E-state index in [-0.39, 0.29) is 6.61 Å². The summed E-state index contributed by atoms with van der Waals surface area (Å²) in [5, 5.41) is 9.75. The lowest BCUT2D eigenvalue weighted by Crippen LogP contribution is -2.05.